The van der Waals surface area contributed by atoms with E-state index in [1.165, 1.54) is 81.5 Å². The summed E-state index contributed by atoms with van der Waals surface area (Å²) >= 11 is 1.82. The van der Waals surface area contributed by atoms with Crippen LogP contribution in [0.15, 0.2) is 182 Å². The zero-order chi connectivity index (χ0) is 53.1. The molecule has 1 aliphatic heterocycles. The van der Waals surface area contributed by atoms with Crippen LogP contribution in [0.5, 0.6) is 11.5 Å². The summed E-state index contributed by atoms with van der Waals surface area (Å²) in [7, 11) is 0. The molecule has 5 nitrogen and oxygen atoms in total. The lowest BCUT2D eigenvalue weighted by Crippen LogP contribution is -2.25. The topological polar surface area (TPSA) is 33.5 Å². The fourth-order valence-corrected chi connectivity index (χ4v) is 12.3. The number of hydrogen-bond acceptors (Lipinski definition) is 5. The van der Waals surface area contributed by atoms with Crippen molar-refractivity contribution in [2.75, 3.05) is 16.5 Å². The van der Waals surface area contributed by atoms with Gasteiger partial charge in [0.1, 0.15) is 24.0 Å². The number of nitrogens with zero attached hydrogens (tertiary/aromatic N) is 4. The molecule has 1 aliphatic rings. The van der Waals surface area contributed by atoms with E-state index in [0.29, 0.717) is 6.67 Å². The molecule has 8 aromatic carbocycles. The van der Waals surface area contributed by atoms with Gasteiger partial charge in [0.2, 0.25) is 0 Å². The number of para-hydroxylation sites is 2. The van der Waals surface area contributed by atoms with Crippen molar-refractivity contribution in [1.29, 1.82) is 0 Å². The number of thiophene rings is 1. The van der Waals surface area contributed by atoms with Crippen molar-refractivity contribution < 1.29 is 4.74 Å². The number of fused-ring (bicyclic) bond motifs is 1. The quantitative estimate of drug-likeness (QED) is 0.152. The Hall–Kier alpha value is -7.67. The molecule has 0 atom stereocenters. The Morgan fingerprint density at radius 1 is 0.421 bits per heavy atom. The van der Waals surface area contributed by atoms with Gasteiger partial charge < -0.3 is 14.5 Å². The Labute approximate surface area is 453 Å². The van der Waals surface area contributed by atoms with Crippen LogP contribution in [-0.4, -0.2) is 16.2 Å². The molecular weight excluding hydrogens is 945 g/mol. The van der Waals surface area contributed by atoms with E-state index in [9.17, 15) is 0 Å². The normalized spacial score (nSPS) is 13.4. The molecule has 0 saturated carbocycles. The Kier molecular flexibility index (Phi) is 11.6. The Morgan fingerprint density at radius 3 is 1.71 bits per heavy atom. The lowest BCUT2D eigenvalue weighted by Gasteiger charge is -2.32. The van der Waals surface area contributed by atoms with Crippen LogP contribution in [0.3, 0.4) is 0 Å². The fourth-order valence-electron chi connectivity index (χ4n) is 11.1. The van der Waals surface area contributed by atoms with Crippen LogP contribution in [-0.2, 0) is 21.7 Å². The second-order valence-electron chi connectivity index (χ2n) is 25.1. The van der Waals surface area contributed by atoms with Gasteiger partial charge in [-0.15, -0.1) is 11.3 Å². The van der Waals surface area contributed by atoms with Crippen molar-refractivity contribution in [3.8, 4) is 50.7 Å². The maximum atomic E-state index is 7.02. The van der Waals surface area contributed by atoms with Crippen LogP contribution in [0.4, 0.5) is 22.7 Å². The molecule has 3 aromatic heterocycles. The number of pyridine rings is 1. The molecule has 380 valence electrons. The van der Waals surface area contributed by atoms with Crippen LogP contribution in [0.2, 0.25) is 0 Å². The van der Waals surface area contributed by atoms with E-state index in [1.54, 1.807) is 0 Å². The average Bonchev–Trinajstić information content (AvgIpc) is 4.10. The summed E-state index contributed by atoms with van der Waals surface area (Å²) in [5, 5.41) is 2.54. The molecule has 0 bridgehead atoms. The third kappa shape index (κ3) is 8.80. The van der Waals surface area contributed by atoms with Crippen molar-refractivity contribution >= 4 is 65.3 Å². The third-order valence-electron chi connectivity index (χ3n) is 15.5. The third-order valence-corrected chi connectivity index (χ3v) is 16.6. The van der Waals surface area contributed by atoms with Gasteiger partial charge in [0, 0.05) is 55.3 Å². The SMILES string of the molecule is CC(C)(C)c1cc(-c2cc(C(C)(C)C)cc(-c3cccc(-c4ccccc4)c3)c2N2CN(c3cccc(Oc4cc5sc6cccc7c6c5c(c4)n7-c4cc(C(C)(C)C)ccn4)c3)c3ccccc32)cc(C(C)(C)C)c1. The summed E-state index contributed by atoms with van der Waals surface area (Å²) in [6, 6.07) is 65.2. The molecule has 4 heterocycles. The zero-order valence-electron chi connectivity index (χ0n) is 46.1. The van der Waals surface area contributed by atoms with Gasteiger partial charge in [0.25, 0.3) is 0 Å². The minimum absolute atomic E-state index is 0.0178. The first-order valence-corrected chi connectivity index (χ1v) is 27.7. The molecule has 0 saturated heterocycles. The van der Waals surface area contributed by atoms with Crippen LogP contribution in [0.25, 0.3) is 70.4 Å². The smallest absolute Gasteiger partial charge is 0.137 e. The molecule has 0 spiro atoms. The highest BCUT2D eigenvalue weighted by Gasteiger charge is 2.34. The predicted octanol–water partition coefficient (Wildman–Crippen LogP) is 20.1. The Morgan fingerprint density at radius 2 is 1.01 bits per heavy atom. The van der Waals surface area contributed by atoms with E-state index in [1.807, 2.05) is 17.5 Å². The molecule has 0 N–H and O–H groups in total. The van der Waals surface area contributed by atoms with E-state index in [2.05, 4.69) is 273 Å². The number of hydrogen-bond donors (Lipinski definition) is 0. The second kappa shape index (κ2) is 18.0. The van der Waals surface area contributed by atoms with Crippen molar-refractivity contribution in [3.05, 3.63) is 204 Å². The second-order valence-corrected chi connectivity index (χ2v) is 26.1. The molecule has 12 rings (SSSR count). The van der Waals surface area contributed by atoms with E-state index in [-0.39, 0.29) is 21.7 Å². The van der Waals surface area contributed by atoms with Gasteiger partial charge >= 0.3 is 0 Å². The number of aromatic nitrogens is 2. The largest absolute Gasteiger partial charge is 0.457 e. The highest BCUT2D eigenvalue weighted by molar-refractivity contribution is 7.26. The molecule has 0 unspecified atom stereocenters. The van der Waals surface area contributed by atoms with E-state index in [0.717, 1.165) is 45.4 Å². The maximum absolute atomic E-state index is 7.02. The monoisotopic (exact) mass is 1010 g/mol. The summed E-state index contributed by atoms with van der Waals surface area (Å²) in [5.41, 5.74) is 19.0. The van der Waals surface area contributed by atoms with E-state index >= 15 is 0 Å². The minimum Gasteiger partial charge on any atom is -0.457 e. The van der Waals surface area contributed by atoms with Crippen molar-refractivity contribution in [2.24, 2.45) is 0 Å². The van der Waals surface area contributed by atoms with Crippen LogP contribution >= 0.6 is 11.3 Å². The molecule has 0 aliphatic carbocycles. The standard InChI is InChI=1S/C70H68N4OS/c1-67(2,3)48-31-32-71-63(39-48)74-59-29-20-30-61-64(59)65-60(74)41-54(42-62(65)76-61)75-53-26-19-25-52(40-53)72-43-73(58-28-17-16-27-57(58)72)66-55(46-24-18-23-45(33-46)44-21-14-13-15-22-44)37-51(70(10,11)12)38-56(66)47-34-49(68(4,5)6)36-50(35-47)69(7,8)9/h13-42H,43H2,1-12H3. The Balaban J connectivity index is 1.00. The van der Waals surface area contributed by atoms with Crippen LogP contribution in [0, 0.1) is 0 Å². The van der Waals surface area contributed by atoms with Gasteiger partial charge in [-0.1, -0.05) is 174 Å². The lowest BCUT2D eigenvalue weighted by molar-refractivity contribution is 0.484. The van der Waals surface area contributed by atoms with Gasteiger partial charge in [0.15, 0.2) is 0 Å². The van der Waals surface area contributed by atoms with Crippen molar-refractivity contribution in [2.45, 2.75) is 105 Å². The fraction of sp³-hybridized carbons (Fsp3) is 0.243. The van der Waals surface area contributed by atoms with Gasteiger partial charge in [0.05, 0.1) is 28.1 Å². The number of ether oxygens (including phenoxy) is 1. The minimum atomic E-state index is -0.127. The summed E-state index contributed by atoms with van der Waals surface area (Å²) in [6.45, 7) is 28.4. The van der Waals surface area contributed by atoms with Crippen LogP contribution < -0.4 is 14.5 Å². The molecule has 76 heavy (non-hydrogen) atoms. The summed E-state index contributed by atoms with van der Waals surface area (Å²) < 4.78 is 11.8. The zero-order valence-corrected chi connectivity index (χ0v) is 46.9. The van der Waals surface area contributed by atoms with Gasteiger partial charge in [-0.3, -0.25) is 4.57 Å². The van der Waals surface area contributed by atoms with Gasteiger partial charge in [-0.25, -0.2) is 4.98 Å². The lowest BCUT2D eigenvalue weighted by atomic mass is 9.77. The summed E-state index contributed by atoms with van der Waals surface area (Å²) in [6.07, 6.45) is 1.95. The molecule has 0 fully saturated rings. The van der Waals surface area contributed by atoms with Gasteiger partial charge in [-0.2, -0.15) is 0 Å². The molecule has 0 amide bonds. The van der Waals surface area contributed by atoms with Crippen LogP contribution in [0.1, 0.15) is 105 Å². The molecule has 6 heteroatoms. The Bertz CT molecular complexity index is 3970. The average molecular weight is 1010 g/mol. The molecular formula is C70H68N4OS. The summed E-state index contributed by atoms with van der Waals surface area (Å²) in [4.78, 5) is 9.99. The van der Waals surface area contributed by atoms with Crippen molar-refractivity contribution in [1.82, 2.24) is 9.55 Å². The highest BCUT2D eigenvalue weighted by Crippen LogP contribution is 2.53. The number of anilines is 4. The highest BCUT2D eigenvalue weighted by atomic mass is 32.1. The molecule has 0 radical (unpaired) electrons. The van der Waals surface area contributed by atoms with Crippen molar-refractivity contribution in [3.63, 3.8) is 0 Å². The van der Waals surface area contributed by atoms with E-state index in [4.69, 9.17) is 9.72 Å². The van der Waals surface area contributed by atoms with Gasteiger partial charge in [-0.05, 0) is 139 Å². The molecule has 11 aromatic rings. The van der Waals surface area contributed by atoms with E-state index < -0.39 is 0 Å². The predicted molar refractivity (Wildman–Crippen MR) is 325 cm³/mol. The summed E-state index contributed by atoms with van der Waals surface area (Å²) in [5.74, 6) is 2.49. The first-order valence-electron chi connectivity index (χ1n) is 26.9. The number of rotatable bonds is 8. The maximum Gasteiger partial charge on any atom is 0.137 e. The first kappa shape index (κ1) is 49.2. The first-order chi connectivity index (χ1) is 36.2. The number of benzene rings is 8.